The van der Waals surface area contributed by atoms with Crippen molar-refractivity contribution in [1.82, 2.24) is 10.2 Å². The zero-order valence-corrected chi connectivity index (χ0v) is 9.25. The van der Waals surface area contributed by atoms with E-state index in [0.717, 1.165) is 6.07 Å². The van der Waals surface area contributed by atoms with Crippen LogP contribution in [0.4, 0.5) is 13.2 Å². The minimum Gasteiger partial charge on any atom is -0.166 e. The van der Waals surface area contributed by atoms with E-state index in [4.69, 9.17) is 0 Å². The highest BCUT2D eigenvalue weighted by Gasteiger charge is 2.32. The van der Waals surface area contributed by atoms with Gasteiger partial charge in [-0.25, -0.2) is 0 Å². The van der Waals surface area contributed by atoms with E-state index in [1.165, 1.54) is 0 Å². The largest absolute Gasteiger partial charge is 0.418 e. The van der Waals surface area contributed by atoms with Crippen molar-refractivity contribution in [1.29, 1.82) is 0 Å². The summed E-state index contributed by atoms with van der Waals surface area (Å²) in [6.45, 7) is 0. The van der Waals surface area contributed by atoms with E-state index < -0.39 is 20.8 Å². The maximum Gasteiger partial charge on any atom is 0.418 e. The van der Waals surface area contributed by atoms with Crippen LogP contribution in [0, 0.1) is 0 Å². The number of hydrogen-bond donors (Lipinski definition) is 1. The summed E-state index contributed by atoms with van der Waals surface area (Å²) in [5.41, 5.74) is -0.780. The summed E-state index contributed by atoms with van der Waals surface area (Å²) in [5.74, 6) is 0. The summed E-state index contributed by atoms with van der Waals surface area (Å²) < 4.78 is 36.8. The molecule has 14 heavy (non-hydrogen) atoms. The van der Waals surface area contributed by atoms with Crippen molar-refractivity contribution >= 4 is 20.7 Å². The molecular formula is C7H9F3N2S2. The molecule has 0 atom stereocenters. The smallest absolute Gasteiger partial charge is 0.166 e. The molecule has 0 saturated heterocycles. The maximum atomic E-state index is 12.3. The van der Waals surface area contributed by atoms with E-state index in [9.17, 15) is 13.2 Å². The van der Waals surface area contributed by atoms with E-state index in [1.54, 1.807) is 12.5 Å². The van der Waals surface area contributed by atoms with Crippen LogP contribution >= 0.6 is 20.7 Å². The van der Waals surface area contributed by atoms with Crippen LogP contribution in [-0.2, 0) is 6.18 Å². The third-order valence-corrected chi connectivity index (χ3v) is 3.26. The fourth-order valence-corrected chi connectivity index (χ4v) is 1.68. The van der Waals surface area contributed by atoms with Crippen LogP contribution in [0.1, 0.15) is 5.56 Å². The van der Waals surface area contributed by atoms with Gasteiger partial charge in [0.05, 0.1) is 11.8 Å². The second-order valence-corrected chi connectivity index (χ2v) is 8.76. The first-order valence-electron chi connectivity index (χ1n) is 3.57. The molecular weight excluding hydrogens is 233 g/mol. The molecule has 80 valence electrons. The topological polar surface area (TPSA) is 25.8 Å². The molecule has 0 bridgehead atoms. The lowest BCUT2D eigenvalue weighted by molar-refractivity contribution is -0.138. The molecule has 1 aromatic rings. The fourth-order valence-electron chi connectivity index (χ4n) is 0.746. The van der Waals surface area contributed by atoms with Crippen LogP contribution < -0.4 is 0 Å². The van der Waals surface area contributed by atoms with Gasteiger partial charge in [0.15, 0.2) is 0 Å². The molecule has 0 spiro atoms. The van der Waals surface area contributed by atoms with E-state index in [2.05, 4.69) is 21.9 Å². The Bertz CT molecular complexity index is 303. The zero-order chi connectivity index (χ0) is 11.0. The molecule has 0 amide bonds. The third-order valence-electron chi connectivity index (χ3n) is 1.47. The Morgan fingerprint density at radius 2 is 1.93 bits per heavy atom. The molecule has 0 aliphatic carbocycles. The second kappa shape index (κ2) is 3.62. The lowest BCUT2D eigenvalue weighted by Gasteiger charge is -2.22. The monoisotopic (exact) mass is 242 g/mol. The van der Waals surface area contributed by atoms with E-state index in [-0.39, 0.29) is 5.03 Å². The number of thiol groups is 1. The van der Waals surface area contributed by atoms with Gasteiger partial charge in [-0.05, 0) is 18.6 Å². The first-order valence-corrected chi connectivity index (χ1v) is 7.07. The van der Waals surface area contributed by atoms with Crippen LogP contribution in [0.5, 0.6) is 0 Å². The van der Waals surface area contributed by atoms with Gasteiger partial charge in [0.2, 0.25) is 0 Å². The van der Waals surface area contributed by atoms with E-state index in [0.29, 0.717) is 6.20 Å². The average Bonchev–Trinajstić information content (AvgIpc) is 2.01. The molecule has 1 aromatic heterocycles. The van der Waals surface area contributed by atoms with Gasteiger partial charge in [0.1, 0.15) is 5.03 Å². The number of rotatable bonds is 1. The van der Waals surface area contributed by atoms with Gasteiger partial charge in [-0.1, -0.05) is 0 Å². The van der Waals surface area contributed by atoms with Gasteiger partial charge < -0.3 is 0 Å². The lowest BCUT2D eigenvalue weighted by Crippen LogP contribution is -2.07. The highest BCUT2D eigenvalue weighted by molar-refractivity contribution is 8.87. The third kappa shape index (κ3) is 2.78. The Labute approximate surface area is 86.0 Å². The summed E-state index contributed by atoms with van der Waals surface area (Å²) >= 11 is 4.20. The normalized spacial score (nSPS) is 14.1. The summed E-state index contributed by atoms with van der Waals surface area (Å²) in [6.07, 6.45) is -0.188. The molecule has 0 saturated carbocycles. The molecule has 1 rings (SSSR count). The molecule has 0 aliphatic rings. The van der Waals surface area contributed by atoms with Gasteiger partial charge in [-0.3, -0.25) is 0 Å². The Morgan fingerprint density at radius 3 is 2.36 bits per heavy atom. The van der Waals surface area contributed by atoms with Gasteiger partial charge in [0.25, 0.3) is 0 Å². The predicted molar refractivity (Wildman–Crippen MR) is 53.7 cm³/mol. The van der Waals surface area contributed by atoms with Crippen LogP contribution in [0.3, 0.4) is 0 Å². The summed E-state index contributed by atoms with van der Waals surface area (Å²) in [6, 6.07) is 0.995. The van der Waals surface area contributed by atoms with E-state index >= 15 is 0 Å². The van der Waals surface area contributed by atoms with Gasteiger partial charge in [-0.2, -0.15) is 27.3 Å². The van der Waals surface area contributed by atoms with Crippen molar-refractivity contribution in [3.8, 4) is 0 Å². The first kappa shape index (κ1) is 11.6. The van der Waals surface area contributed by atoms with Crippen molar-refractivity contribution in [2.75, 3.05) is 12.5 Å². The van der Waals surface area contributed by atoms with Gasteiger partial charge in [0, 0.05) is 0 Å². The highest BCUT2D eigenvalue weighted by Crippen LogP contribution is 2.52. The number of alkyl halides is 3. The van der Waals surface area contributed by atoms with Gasteiger partial charge in [-0.15, -0.1) is 16.8 Å². The molecule has 0 radical (unpaired) electrons. The van der Waals surface area contributed by atoms with Crippen LogP contribution in [0.2, 0.25) is 0 Å². The number of halogens is 3. The van der Waals surface area contributed by atoms with Crippen LogP contribution in [0.25, 0.3) is 0 Å². The second-order valence-electron chi connectivity index (χ2n) is 3.05. The van der Waals surface area contributed by atoms with Crippen molar-refractivity contribution < 1.29 is 13.2 Å². The first-order chi connectivity index (χ1) is 6.21. The number of hydrogen-bond acceptors (Lipinski definition) is 3. The summed E-state index contributed by atoms with van der Waals surface area (Å²) in [5, 5.41) is 7.24. The minimum absolute atomic E-state index is 0.288. The quantitative estimate of drug-likeness (QED) is 0.605. The Balaban J connectivity index is 3.15. The fraction of sp³-hybridized carbons (Fsp3) is 0.429. The molecule has 0 aliphatic heterocycles. The maximum absolute atomic E-state index is 12.3. The molecule has 0 fully saturated rings. The predicted octanol–water partition coefficient (Wildman–Crippen LogP) is 2.76. The van der Waals surface area contributed by atoms with Crippen LogP contribution in [0.15, 0.2) is 17.3 Å². The Hall–Kier alpha value is -0.430. The summed E-state index contributed by atoms with van der Waals surface area (Å²) in [7, 11) is -1.56. The van der Waals surface area contributed by atoms with E-state index in [1.807, 2.05) is 0 Å². The molecule has 0 aromatic carbocycles. The molecule has 0 unspecified atom stereocenters. The molecule has 0 N–H and O–H groups in total. The van der Waals surface area contributed by atoms with Crippen LogP contribution in [-0.4, -0.2) is 22.7 Å². The van der Waals surface area contributed by atoms with Gasteiger partial charge >= 0.3 is 6.18 Å². The highest BCUT2D eigenvalue weighted by atomic mass is 33.1. The minimum atomic E-state index is -4.37. The SMILES string of the molecule is CS(C)(S)c1cc(C(F)(F)F)cnn1. The zero-order valence-electron chi connectivity index (χ0n) is 7.54. The van der Waals surface area contributed by atoms with Crippen molar-refractivity contribution in [3.05, 3.63) is 17.8 Å². The van der Waals surface area contributed by atoms with Crippen molar-refractivity contribution in [3.63, 3.8) is 0 Å². The number of nitrogens with zero attached hydrogens (tertiary/aromatic N) is 2. The van der Waals surface area contributed by atoms with Crippen molar-refractivity contribution in [2.24, 2.45) is 0 Å². The number of aromatic nitrogens is 2. The summed E-state index contributed by atoms with van der Waals surface area (Å²) in [4.78, 5) is 0. The molecule has 1 heterocycles. The lowest BCUT2D eigenvalue weighted by atomic mass is 10.3. The Kier molecular flexibility index (Phi) is 3.01. The molecule has 2 nitrogen and oxygen atoms in total. The van der Waals surface area contributed by atoms with Crippen molar-refractivity contribution in [2.45, 2.75) is 11.2 Å². The molecule has 7 heteroatoms. The average molecular weight is 242 g/mol. The standard InChI is InChI=1S/C7H9F3N2S2/c1-14(2,13)6-3-5(4-11-12-6)7(8,9)10/h3-4,13H,1-2H3. The Morgan fingerprint density at radius 1 is 1.36 bits per heavy atom.